The summed E-state index contributed by atoms with van der Waals surface area (Å²) in [6, 6.07) is 5.12. The molecule has 1 aromatic carbocycles. The second kappa shape index (κ2) is 4.91. The number of phenols is 1. The summed E-state index contributed by atoms with van der Waals surface area (Å²) >= 11 is 0. The van der Waals surface area contributed by atoms with Crippen molar-refractivity contribution in [1.82, 2.24) is 0 Å². The van der Waals surface area contributed by atoms with Gasteiger partial charge in [-0.2, -0.15) is 0 Å². The minimum atomic E-state index is 0. The van der Waals surface area contributed by atoms with Gasteiger partial charge in [0.1, 0.15) is 5.75 Å². The van der Waals surface area contributed by atoms with Gasteiger partial charge in [-0.3, -0.25) is 4.79 Å². The number of carbonyl (C=O) groups is 1. The largest absolute Gasteiger partial charge is 0.507 e. The van der Waals surface area contributed by atoms with Crippen LogP contribution in [-0.4, -0.2) is 38.7 Å². The fourth-order valence-corrected chi connectivity index (χ4v) is 1.12. The maximum atomic E-state index is 10.5. The minimum absolute atomic E-state index is 0. The summed E-state index contributed by atoms with van der Waals surface area (Å²) in [5.41, 5.74) is 1.41. The van der Waals surface area contributed by atoms with Gasteiger partial charge in [0.05, 0.1) is 5.56 Å². The summed E-state index contributed by atoms with van der Waals surface area (Å²) in [5.74, 6) is 0.0444. The molecule has 0 spiro atoms. The van der Waals surface area contributed by atoms with Crippen molar-refractivity contribution in [2.45, 2.75) is 26.2 Å². The SMILES string of the molecule is CC(C)(C)c1ccc(O)c(C=O)c1.[Pb]. The van der Waals surface area contributed by atoms with E-state index in [-0.39, 0.29) is 38.5 Å². The third-order valence-electron chi connectivity index (χ3n) is 2.02. The fraction of sp³-hybridized carbons (Fsp3) is 0.364. The molecule has 1 rings (SSSR count). The maximum Gasteiger partial charge on any atom is 0.153 e. The molecule has 0 aromatic heterocycles. The zero-order valence-corrected chi connectivity index (χ0v) is 12.6. The molecule has 1 aromatic rings. The number of hydrogen-bond donors (Lipinski definition) is 1. The molecule has 2 nitrogen and oxygen atoms in total. The first-order valence-electron chi connectivity index (χ1n) is 4.24. The first-order valence-corrected chi connectivity index (χ1v) is 4.24. The smallest absolute Gasteiger partial charge is 0.153 e. The molecule has 0 saturated heterocycles. The average molecular weight is 385 g/mol. The van der Waals surface area contributed by atoms with Gasteiger partial charge in [0.25, 0.3) is 0 Å². The van der Waals surface area contributed by atoms with Crippen LogP contribution in [0.25, 0.3) is 0 Å². The van der Waals surface area contributed by atoms with Crippen molar-refractivity contribution in [1.29, 1.82) is 0 Å². The van der Waals surface area contributed by atoms with Crippen LogP contribution in [0.5, 0.6) is 5.75 Å². The maximum absolute atomic E-state index is 10.5. The third kappa shape index (κ3) is 3.08. The van der Waals surface area contributed by atoms with Gasteiger partial charge in [-0.05, 0) is 23.1 Å². The molecule has 1 N–H and O–H groups in total. The Bertz CT molecular complexity index is 327. The summed E-state index contributed by atoms with van der Waals surface area (Å²) in [5, 5.41) is 9.27. The molecule has 0 amide bonds. The molecule has 0 atom stereocenters. The van der Waals surface area contributed by atoms with Crippen LogP contribution in [0, 0.1) is 0 Å². The van der Waals surface area contributed by atoms with Gasteiger partial charge in [-0.25, -0.2) is 0 Å². The quantitative estimate of drug-likeness (QED) is 0.594. The summed E-state index contributed by atoms with van der Waals surface area (Å²) < 4.78 is 0. The van der Waals surface area contributed by atoms with Crippen molar-refractivity contribution in [3.05, 3.63) is 29.3 Å². The van der Waals surface area contributed by atoms with E-state index in [2.05, 4.69) is 20.8 Å². The number of benzene rings is 1. The van der Waals surface area contributed by atoms with Gasteiger partial charge in [0.2, 0.25) is 0 Å². The molecular formula is C11H14O2Pb. The van der Waals surface area contributed by atoms with Crippen LogP contribution in [-0.2, 0) is 5.41 Å². The van der Waals surface area contributed by atoms with Gasteiger partial charge in [0.15, 0.2) is 6.29 Å². The van der Waals surface area contributed by atoms with E-state index >= 15 is 0 Å². The van der Waals surface area contributed by atoms with E-state index in [0.29, 0.717) is 11.8 Å². The van der Waals surface area contributed by atoms with Crippen LogP contribution < -0.4 is 0 Å². The molecule has 14 heavy (non-hydrogen) atoms. The van der Waals surface area contributed by atoms with Crippen LogP contribution >= 0.6 is 0 Å². The van der Waals surface area contributed by atoms with Gasteiger partial charge in [0, 0.05) is 27.3 Å². The summed E-state index contributed by atoms with van der Waals surface area (Å²) in [7, 11) is 0. The molecule has 0 aliphatic carbocycles. The van der Waals surface area contributed by atoms with Crippen LogP contribution in [0.4, 0.5) is 0 Å². The van der Waals surface area contributed by atoms with Crippen LogP contribution in [0.2, 0.25) is 0 Å². The molecule has 0 heterocycles. The van der Waals surface area contributed by atoms with Crippen molar-refractivity contribution < 1.29 is 9.90 Å². The molecular weight excluding hydrogens is 371 g/mol. The standard InChI is InChI=1S/C11H14O2.Pb/c1-11(2,3)9-4-5-10(13)8(6-9)7-12;/h4-7,13H,1-3H3;. The topological polar surface area (TPSA) is 37.3 Å². The zero-order chi connectivity index (χ0) is 10.1. The second-order valence-electron chi connectivity index (χ2n) is 4.14. The van der Waals surface area contributed by atoms with E-state index in [1.807, 2.05) is 6.07 Å². The Kier molecular flexibility index (Phi) is 4.77. The predicted molar refractivity (Wildman–Crippen MR) is 57.9 cm³/mol. The zero-order valence-electron chi connectivity index (χ0n) is 8.66. The Morgan fingerprint density at radius 1 is 1.29 bits per heavy atom. The van der Waals surface area contributed by atoms with Crippen molar-refractivity contribution in [3.63, 3.8) is 0 Å². The van der Waals surface area contributed by atoms with E-state index in [9.17, 15) is 9.90 Å². The number of aromatic hydroxyl groups is 1. The number of phenolic OH excluding ortho intramolecular Hbond substituents is 1. The molecule has 0 aliphatic rings. The van der Waals surface area contributed by atoms with Crippen LogP contribution in [0.1, 0.15) is 36.7 Å². The first kappa shape index (κ1) is 13.6. The average Bonchev–Trinajstić information content (AvgIpc) is 2.03. The summed E-state index contributed by atoms with van der Waals surface area (Å²) in [4.78, 5) is 10.5. The Balaban J connectivity index is 0.00000169. The van der Waals surface area contributed by atoms with E-state index in [4.69, 9.17) is 0 Å². The molecule has 74 valence electrons. The number of aldehydes is 1. The van der Waals surface area contributed by atoms with E-state index < -0.39 is 0 Å². The van der Waals surface area contributed by atoms with Crippen molar-refractivity contribution in [2.75, 3.05) is 0 Å². The molecule has 0 fully saturated rings. The van der Waals surface area contributed by atoms with Gasteiger partial charge in [-0.15, -0.1) is 0 Å². The Morgan fingerprint density at radius 2 is 1.86 bits per heavy atom. The van der Waals surface area contributed by atoms with Gasteiger partial charge >= 0.3 is 0 Å². The van der Waals surface area contributed by atoms with E-state index in [1.165, 1.54) is 0 Å². The molecule has 3 heteroatoms. The third-order valence-corrected chi connectivity index (χ3v) is 2.02. The Labute approximate surface area is 104 Å². The van der Waals surface area contributed by atoms with Crippen molar-refractivity contribution in [3.8, 4) is 5.75 Å². The Hall–Kier alpha value is -0.388. The van der Waals surface area contributed by atoms with Crippen molar-refractivity contribution in [2.24, 2.45) is 0 Å². The number of carbonyl (C=O) groups excluding carboxylic acids is 1. The van der Waals surface area contributed by atoms with E-state index in [0.717, 1.165) is 5.56 Å². The van der Waals surface area contributed by atoms with Gasteiger partial charge < -0.3 is 5.11 Å². The molecule has 0 unspecified atom stereocenters. The van der Waals surface area contributed by atoms with E-state index in [1.54, 1.807) is 12.1 Å². The molecule has 0 aliphatic heterocycles. The number of hydrogen-bond acceptors (Lipinski definition) is 2. The van der Waals surface area contributed by atoms with Crippen LogP contribution in [0.3, 0.4) is 0 Å². The van der Waals surface area contributed by atoms with Crippen molar-refractivity contribution >= 4 is 33.6 Å². The Morgan fingerprint density at radius 3 is 2.29 bits per heavy atom. The predicted octanol–water partition coefficient (Wildman–Crippen LogP) is 2.12. The fourth-order valence-electron chi connectivity index (χ4n) is 1.12. The first-order chi connectivity index (χ1) is 5.95. The van der Waals surface area contributed by atoms with Gasteiger partial charge in [-0.1, -0.05) is 26.8 Å². The molecule has 4 radical (unpaired) electrons. The molecule has 0 bridgehead atoms. The minimum Gasteiger partial charge on any atom is -0.507 e. The summed E-state index contributed by atoms with van der Waals surface area (Å²) in [6.07, 6.45) is 0.671. The normalized spacial score (nSPS) is 10.5. The monoisotopic (exact) mass is 386 g/mol. The second-order valence-corrected chi connectivity index (χ2v) is 4.14. The molecule has 0 saturated carbocycles. The van der Waals surface area contributed by atoms with Crippen LogP contribution in [0.15, 0.2) is 18.2 Å². The summed E-state index contributed by atoms with van der Waals surface area (Å²) in [6.45, 7) is 6.19. The number of rotatable bonds is 1.